The lowest BCUT2D eigenvalue weighted by molar-refractivity contribution is 0.341. The van der Waals surface area contributed by atoms with Gasteiger partial charge in [0.2, 0.25) is 0 Å². The summed E-state index contributed by atoms with van der Waals surface area (Å²) in [6.07, 6.45) is 4.71. The summed E-state index contributed by atoms with van der Waals surface area (Å²) in [5.41, 5.74) is 3.42. The molecule has 4 aromatic rings. The third-order valence-electron chi connectivity index (χ3n) is 5.70. The van der Waals surface area contributed by atoms with Crippen LogP contribution in [0.1, 0.15) is 52.7 Å². The van der Waals surface area contributed by atoms with E-state index in [1.807, 2.05) is 66.1 Å². The Hall–Kier alpha value is -3.66. The summed E-state index contributed by atoms with van der Waals surface area (Å²) in [7, 11) is 0. The van der Waals surface area contributed by atoms with Gasteiger partial charge in [-0.25, -0.2) is 0 Å². The molecule has 0 saturated heterocycles. The molecule has 0 bridgehead atoms. The van der Waals surface area contributed by atoms with Gasteiger partial charge in [0.15, 0.2) is 0 Å². The standard InChI is InChI=1S/C26H23N3O.3C2H6/c30-26-7-3-4-14-29(26)24-12-9-20(10-13-24)16-25-17-27-19-28(25)18-21-8-11-22-5-1-2-6-23(22)15-21;3*1-2/h1-15,19,25H,16-18H2;3*1-2H3. The Bertz CT molecular complexity index is 1260. The number of hydrogen-bond donors (Lipinski definition) is 0. The van der Waals surface area contributed by atoms with E-state index in [4.69, 9.17) is 0 Å². The normalized spacial score (nSPS) is 13.6. The molecule has 1 aromatic heterocycles. The highest BCUT2D eigenvalue weighted by Crippen LogP contribution is 2.20. The predicted octanol–water partition coefficient (Wildman–Crippen LogP) is 7.52. The van der Waals surface area contributed by atoms with Crippen LogP contribution < -0.4 is 5.56 Å². The fraction of sp³-hybridized carbons (Fsp3) is 0.312. The van der Waals surface area contributed by atoms with Gasteiger partial charge in [-0.05, 0) is 52.6 Å². The number of pyridine rings is 1. The number of hydrogen-bond acceptors (Lipinski definition) is 3. The summed E-state index contributed by atoms with van der Waals surface area (Å²) in [5, 5.41) is 2.54. The van der Waals surface area contributed by atoms with Crippen molar-refractivity contribution in [2.45, 2.75) is 60.5 Å². The van der Waals surface area contributed by atoms with Crippen LogP contribution in [0.25, 0.3) is 16.5 Å². The van der Waals surface area contributed by atoms with Crippen molar-refractivity contribution >= 4 is 17.1 Å². The molecule has 0 aliphatic carbocycles. The summed E-state index contributed by atoms with van der Waals surface area (Å²) in [4.78, 5) is 18.9. The van der Waals surface area contributed by atoms with E-state index in [9.17, 15) is 4.79 Å². The second-order valence-corrected chi connectivity index (χ2v) is 7.77. The summed E-state index contributed by atoms with van der Waals surface area (Å²) < 4.78 is 1.66. The minimum absolute atomic E-state index is 0.0176. The monoisotopic (exact) mass is 483 g/mol. The van der Waals surface area contributed by atoms with Crippen LogP contribution in [0.3, 0.4) is 0 Å². The lowest BCUT2D eigenvalue weighted by Crippen LogP contribution is -2.32. The van der Waals surface area contributed by atoms with Gasteiger partial charge in [-0.15, -0.1) is 0 Å². The Labute approximate surface area is 216 Å². The Kier molecular flexibility index (Phi) is 12.2. The van der Waals surface area contributed by atoms with Crippen LogP contribution >= 0.6 is 0 Å². The van der Waals surface area contributed by atoms with Gasteiger partial charge in [0.1, 0.15) is 0 Å². The van der Waals surface area contributed by atoms with Crippen molar-refractivity contribution in [3.63, 3.8) is 0 Å². The summed E-state index contributed by atoms with van der Waals surface area (Å²) in [6, 6.07) is 28.9. The molecule has 36 heavy (non-hydrogen) atoms. The van der Waals surface area contributed by atoms with Crippen LogP contribution in [-0.4, -0.2) is 28.4 Å². The average molecular weight is 484 g/mol. The van der Waals surface area contributed by atoms with Crippen molar-refractivity contribution in [1.29, 1.82) is 0 Å². The van der Waals surface area contributed by atoms with Crippen LogP contribution in [-0.2, 0) is 13.0 Å². The van der Waals surface area contributed by atoms with E-state index in [2.05, 4.69) is 64.5 Å². The first-order chi connectivity index (χ1) is 17.8. The van der Waals surface area contributed by atoms with Gasteiger partial charge in [-0.1, -0.05) is 96.1 Å². The zero-order valence-corrected chi connectivity index (χ0v) is 22.7. The number of aromatic nitrogens is 1. The molecule has 0 spiro atoms. The molecular weight excluding hydrogens is 442 g/mol. The van der Waals surface area contributed by atoms with E-state index in [-0.39, 0.29) is 5.56 Å². The molecule has 190 valence electrons. The van der Waals surface area contributed by atoms with Crippen LogP contribution in [0.2, 0.25) is 0 Å². The maximum absolute atomic E-state index is 12.0. The quantitative estimate of drug-likeness (QED) is 0.294. The molecule has 1 atom stereocenters. The lowest BCUT2D eigenvalue weighted by Gasteiger charge is -2.24. The first-order valence-electron chi connectivity index (χ1n) is 13.3. The molecule has 1 unspecified atom stereocenters. The molecule has 5 rings (SSSR count). The summed E-state index contributed by atoms with van der Waals surface area (Å²) in [5.74, 6) is 0. The van der Waals surface area contributed by atoms with Crippen LogP contribution in [0.5, 0.6) is 0 Å². The number of rotatable bonds is 5. The Morgan fingerprint density at radius 1 is 0.750 bits per heavy atom. The van der Waals surface area contributed by atoms with Crippen molar-refractivity contribution in [3.8, 4) is 5.69 Å². The highest BCUT2D eigenvalue weighted by Gasteiger charge is 2.21. The van der Waals surface area contributed by atoms with Crippen molar-refractivity contribution in [2.75, 3.05) is 6.54 Å². The highest BCUT2D eigenvalue weighted by molar-refractivity contribution is 5.83. The van der Waals surface area contributed by atoms with E-state index in [1.54, 1.807) is 22.9 Å². The first-order valence-corrected chi connectivity index (χ1v) is 13.3. The zero-order chi connectivity index (χ0) is 26.3. The SMILES string of the molecule is CC.CC.CC.O=c1ccccn1-c1ccc(CC2CN=CN2Cc2ccc3ccccc3c2)cc1. The molecule has 3 aromatic carbocycles. The number of aliphatic imine (C=N–C) groups is 1. The van der Waals surface area contributed by atoms with Crippen LogP contribution in [0.4, 0.5) is 0 Å². The lowest BCUT2D eigenvalue weighted by atomic mass is 10.0. The Balaban J connectivity index is 0.000000710. The Morgan fingerprint density at radius 2 is 1.39 bits per heavy atom. The molecule has 0 amide bonds. The average Bonchev–Trinajstić information content (AvgIpc) is 3.39. The second kappa shape index (κ2) is 15.4. The van der Waals surface area contributed by atoms with Gasteiger partial charge in [0.25, 0.3) is 5.56 Å². The van der Waals surface area contributed by atoms with Gasteiger partial charge in [0.05, 0.1) is 18.9 Å². The van der Waals surface area contributed by atoms with E-state index >= 15 is 0 Å². The fourth-order valence-electron chi connectivity index (χ4n) is 4.08. The molecule has 4 nitrogen and oxygen atoms in total. The molecule has 1 aliphatic heterocycles. The van der Waals surface area contributed by atoms with Gasteiger partial charge in [-0.2, -0.15) is 0 Å². The Morgan fingerprint density at radius 3 is 2.08 bits per heavy atom. The predicted molar refractivity (Wildman–Crippen MR) is 156 cm³/mol. The van der Waals surface area contributed by atoms with Gasteiger partial charge >= 0.3 is 0 Å². The molecule has 0 fully saturated rings. The summed E-state index contributed by atoms with van der Waals surface area (Å²) >= 11 is 0. The second-order valence-electron chi connectivity index (χ2n) is 7.77. The van der Waals surface area contributed by atoms with Crippen molar-refractivity contribution < 1.29 is 0 Å². The highest BCUT2D eigenvalue weighted by atomic mass is 16.1. The van der Waals surface area contributed by atoms with Crippen LogP contribution in [0, 0.1) is 0 Å². The minimum Gasteiger partial charge on any atom is -0.353 e. The van der Waals surface area contributed by atoms with E-state index in [1.165, 1.54) is 21.9 Å². The molecule has 4 heteroatoms. The maximum Gasteiger partial charge on any atom is 0.255 e. The van der Waals surface area contributed by atoms with Gasteiger partial charge < -0.3 is 4.90 Å². The van der Waals surface area contributed by atoms with E-state index < -0.39 is 0 Å². The number of nitrogens with zero attached hydrogens (tertiary/aromatic N) is 3. The van der Waals surface area contributed by atoms with E-state index in [0.717, 1.165) is 25.2 Å². The number of benzene rings is 3. The van der Waals surface area contributed by atoms with Crippen molar-refractivity contribution in [2.24, 2.45) is 4.99 Å². The van der Waals surface area contributed by atoms with Crippen LogP contribution in [0.15, 0.2) is 101 Å². The smallest absolute Gasteiger partial charge is 0.255 e. The topological polar surface area (TPSA) is 37.6 Å². The molecule has 1 aliphatic rings. The molecule has 2 heterocycles. The summed E-state index contributed by atoms with van der Waals surface area (Å²) in [6.45, 7) is 13.7. The zero-order valence-electron chi connectivity index (χ0n) is 22.7. The van der Waals surface area contributed by atoms with Gasteiger partial charge in [0, 0.05) is 24.5 Å². The minimum atomic E-state index is -0.0176. The molecule has 0 N–H and O–H groups in total. The fourth-order valence-corrected chi connectivity index (χ4v) is 4.08. The molecular formula is C32H41N3O. The third-order valence-corrected chi connectivity index (χ3v) is 5.70. The number of fused-ring (bicyclic) bond motifs is 1. The van der Waals surface area contributed by atoms with Gasteiger partial charge in [-0.3, -0.25) is 14.4 Å². The largest absolute Gasteiger partial charge is 0.353 e. The third kappa shape index (κ3) is 7.42. The molecule has 0 radical (unpaired) electrons. The first kappa shape index (κ1) is 28.6. The van der Waals surface area contributed by atoms with Crippen molar-refractivity contribution in [3.05, 3.63) is 113 Å². The molecule has 0 saturated carbocycles. The van der Waals surface area contributed by atoms with Crippen molar-refractivity contribution in [1.82, 2.24) is 9.47 Å². The van der Waals surface area contributed by atoms with E-state index in [0.29, 0.717) is 6.04 Å². The maximum atomic E-state index is 12.0.